The number of aliphatic hydroxyl groups excluding tert-OH is 1. The van der Waals surface area contributed by atoms with Gasteiger partial charge in [-0.25, -0.2) is 0 Å². The number of ether oxygens (including phenoxy) is 4. The van der Waals surface area contributed by atoms with Gasteiger partial charge in [0.15, 0.2) is 0 Å². The van der Waals surface area contributed by atoms with Crippen molar-refractivity contribution in [2.75, 3.05) is 13.1 Å². The second-order valence-electron chi connectivity index (χ2n) is 38.4. The van der Waals surface area contributed by atoms with Gasteiger partial charge in [0.1, 0.15) is 41.3 Å². The van der Waals surface area contributed by atoms with E-state index in [2.05, 4.69) is 81.6 Å². The first kappa shape index (κ1) is 90.2. The molecule has 20 unspecified atom stereocenters. The van der Waals surface area contributed by atoms with Gasteiger partial charge < -0.3 is 65.7 Å². The lowest BCUT2D eigenvalue weighted by atomic mass is 9.55. The van der Waals surface area contributed by atoms with Gasteiger partial charge in [0.2, 0.25) is 5.91 Å². The van der Waals surface area contributed by atoms with Crippen molar-refractivity contribution in [1.82, 2.24) is 5.32 Å². The Labute approximate surface area is 704 Å². The first-order chi connectivity index (χ1) is 57.0. The normalized spacial score (nSPS) is 32.6. The van der Waals surface area contributed by atoms with Crippen LogP contribution in [0.1, 0.15) is 328 Å². The molecule has 21 heteroatoms. The van der Waals surface area contributed by atoms with Gasteiger partial charge in [-0.2, -0.15) is 0 Å². The maximum absolute atomic E-state index is 12.5. The molecule has 17 rings (SSSR count). The van der Waals surface area contributed by atoms with Gasteiger partial charge in [-0.3, -0.25) is 38.4 Å². The summed E-state index contributed by atoms with van der Waals surface area (Å²) in [5, 5.41) is 69.9. The summed E-state index contributed by atoms with van der Waals surface area (Å²) >= 11 is 0. The number of benzene rings is 4. The van der Waals surface area contributed by atoms with E-state index in [0.29, 0.717) is 94.6 Å². The van der Waals surface area contributed by atoms with E-state index in [0.717, 1.165) is 167 Å². The lowest BCUT2D eigenvalue weighted by Crippen LogP contribution is -2.49. The number of aliphatic carboxylic acids is 2. The standard InChI is InChI=1S/C27H39NO4.2C22H28O5.C18H24O2.C5H13N.C4H4O3/c1-3-4-5-16-28-25(30)12-13-26(31)32-24-11-10-23-22-8-6-18-17-19(29)7-9-20(18)21(22)14-15-27(23,24)2;2*1-22-11-10-16-15-5-3-14(23)12-13(15)2-4-17(16)18(22)6-7-19(22)27-21(26)9-8-20(24)25;1-18-9-8-14-13-5-3-12(19)10-11(13)2-4-15(14)16(18)6-7-17(18)20;1-2-3-4-5-6;5-3-1-2-4(6)7-3/h7,9,17,21-24,29H,3-6,8,10-16H2,1-2H3,(H,28,30);2*3,5,12,16-19,23H,2,4,6-11H2,1H3,(H,24,25);3,5,10,14-17,19-20H,2,4,6-9H2,1H3;2-6H2,1H3;1-2H2/p+1. The number of unbranched alkanes of at least 4 members (excludes halogenated alkanes) is 4. The monoisotopic (exact) mass is 1650 g/mol. The van der Waals surface area contributed by atoms with E-state index in [1.54, 1.807) is 12.1 Å². The Morgan fingerprint density at radius 1 is 0.403 bits per heavy atom. The number of aryl methyl sites for hydroxylation is 4. The number of carboxylic acids is 2. The molecule has 9 fully saturated rings. The first-order valence-electron chi connectivity index (χ1n) is 45.8. The number of aliphatic hydroxyl groups is 1. The van der Waals surface area contributed by atoms with Gasteiger partial charge in [0.05, 0.1) is 57.6 Å². The van der Waals surface area contributed by atoms with Gasteiger partial charge in [0, 0.05) is 29.2 Å². The number of aromatic hydroxyl groups is 4. The maximum Gasteiger partial charge on any atom is 0.314 e. The van der Waals surface area contributed by atoms with Crippen LogP contribution in [0.5, 0.6) is 23.0 Å². The van der Waals surface area contributed by atoms with Crippen molar-refractivity contribution in [2.45, 2.75) is 334 Å². The van der Waals surface area contributed by atoms with Crippen LogP contribution in [0.2, 0.25) is 0 Å². The van der Waals surface area contributed by atoms with Gasteiger partial charge >= 0.3 is 41.8 Å². The van der Waals surface area contributed by atoms with E-state index in [-0.39, 0.29) is 121 Å². The zero-order valence-corrected chi connectivity index (χ0v) is 71.7. The fourth-order valence-corrected chi connectivity index (χ4v) is 25.5. The van der Waals surface area contributed by atoms with E-state index >= 15 is 0 Å². The van der Waals surface area contributed by atoms with E-state index in [1.165, 1.54) is 83.0 Å². The number of carboxylic acid groups (broad SMARTS) is 2. The highest BCUT2D eigenvalue weighted by atomic mass is 16.6. The van der Waals surface area contributed by atoms with Crippen LogP contribution in [0.3, 0.4) is 0 Å². The SMILES string of the molecule is CC12CCC3c4ccc(O)cc4CCC3C1CCC2O.CC12CCC3c4ccc(O)cc4CCC3C1CCC2OC(=O)CCC(=O)O.CC12CCC3c4ccc(O)cc4CCC3C1CCC2OC(=O)CCC(=O)O.CCCCCNC(=O)CCC(=O)OC1CCC2C3CCc4cc(O)ccc4C3CCC12C.CCCCC[NH3+].O=C1CCC(=O)O1. The van der Waals surface area contributed by atoms with E-state index in [1.807, 2.05) is 36.4 Å². The molecule has 12 aliphatic carbocycles. The summed E-state index contributed by atoms with van der Waals surface area (Å²) in [7, 11) is 0. The van der Waals surface area contributed by atoms with Crippen molar-refractivity contribution in [3.8, 4) is 23.0 Å². The predicted molar refractivity (Wildman–Crippen MR) is 450 cm³/mol. The molecule has 4 aromatic rings. The van der Waals surface area contributed by atoms with Crippen molar-refractivity contribution in [2.24, 2.45) is 69.0 Å². The predicted octanol–water partition coefficient (Wildman–Crippen LogP) is 17.2. The third-order valence-corrected chi connectivity index (χ3v) is 31.7. The van der Waals surface area contributed by atoms with Crippen molar-refractivity contribution in [3.05, 3.63) is 117 Å². The van der Waals surface area contributed by atoms with Crippen molar-refractivity contribution in [1.29, 1.82) is 0 Å². The molecule has 1 heterocycles. The number of phenolic OH excluding ortho intramolecular Hbond substituents is 4. The Bertz CT molecular complexity index is 4090. The Morgan fingerprint density at radius 3 is 1.02 bits per heavy atom. The highest BCUT2D eigenvalue weighted by Crippen LogP contribution is 2.66. The molecule has 20 atom stereocenters. The van der Waals surface area contributed by atoms with Crippen LogP contribution in [-0.4, -0.2) is 121 Å². The molecule has 0 aromatic heterocycles. The third kappa shape index (κ3) is 20.7. The van der Waals surface area contributed by atoms with E-state index in [9.17, 15) is 63.9 Å². The zero-order chi connectivity index (χ0) is 85.1. The minimum atomic E-state index is -0.963. The number of rotatable bonds is 19. The largest absolute Gasteiger partial charge is 0.508 e. The van der Waals surface area contributed by atoms with Crippen LogP contribution in [-0.2, 0) is 83.0 Å². The fourth-order valence-electron chi connectivity index (χ4n) is 25.5. The Kier molecular flexibility index (Phi) is 30.2. The van der Waals surface area contributed by atoms with E-state index in [4.69, 9.17) is 24.4 Å². The molecule has 1 aliphatic heterocycles. The van der Waals surface area contributed by atoms with Gasteiger partial charge in [-0.1, -0.05) is 85.1 Å². The molecule has 1 saturated heterocycles. The molecule has 4 aromatic carbocycles. The first-order valence-corrected chi connectivity index (χ1v) is 45.8. The highest BCUT2D eigenvalue weighted by Gasteiger charge is 2.60. The fraction of sp³-hybridized carbons (Fsp3) is 0.673. The third-order valence-electron chi connectivity index (χ3n) is 31.7. The summed E-state index contributed by atoms with van der Waals surface area (Å²) in [5.74, 6) is 4.90. The zero-order valence-electron chi connectivity index (χ0n) is 71.7. The van der Waals surface area contributed by atoms with Crippen LogP contribution in [0.15, 0.2) is 72.8 Å². The van der Waals surface area contributed by atoms with Gasteiger partial charge in [-0.15, -0.1) is 0 Å². The van der Waals surface area contributed by atoms with Crippen LogP contribution < -0.4 is 11.1 Å². The quantitative estimate of drug-likeness (QED) is 0.0182. The molecule has 119 heavy (non-hydrogen) atoms. The minimum Gasteiger partial charge on any atom is -0.508 e. The number of hydrogen-bond donors (Lipinski definition) is 9. The number of phenols is 4. The average molecular weight is 1650 g/mol. The van der Waals surface area contributed by atoms with Crippen molar-refractivity contribution < 1.29 is 98.8 Å². The molecule has 11 N–H and O–H groups in total. The van der Waals surface area contributed by atoms with Gasteiger partial charge in [0.25, 0.3) is 0 Å². The molecule has 0 spiro atoms. The molecule has 21 nitrogen and oxygen atoms in total. The summed E-state index contributed by atoms with van der Waals surface area (Å²) in [6, 6.07) is 23.5. The summed E-state index contributed by atoms with van der Waals surface area (Å²) in [6.07, 6.45) is 33.0. The van der Waals surface area contributed by atoms with Crippen molar-refractivity contribution in [3.63, 3.8) is 0 Å². The number of quaternary nitrogens is 1. The number of amides is 1. The van der Waals surface area contributed by atoms with Crippen LogP contribution >= 0.6 is 0 Å². The number of carbonyl (C=O) groups is 8. The lowest BCUT2D eigenvalue weighted by Gasteiger charge is -2.50. The average Bonchev–Trinajstić information content (AvgIpc) is 1.67. The lowest BCUT2D eigenvalue weighted by molar-refractivity contribution is -0.368. The summed E-state index contributed by atoms with van der Waals surface area (Å²) in [6.45, 7) is 15.3. The summed E-state index contributed by atoms with van der Waals surface area (Å²) in [5.41, 5.74) is 14.8. The van der Waals surface area contributed by atoms with E-state index < -0.39 is 23.9 Å². The molecular formula is C98H137N2O19+. The Balaban J connectivity index is 0.000000139. The Morgan fingerprint density at radius 2 is 0.714 bits per heavy atom. The molecular weight excluding hydrogens is 1510 g/mol. The summed E-state index contributed by atoms with van der Waals surface area (Å²) in [4.78, 5) is 90.1. The topological polar surface area (TPSA) is 355 Å². The number of nitrogens with one attached hydrogen (secondary N) is 1. The maximum atomic E-state index is 12.5. The number of esters is 5. The number of fused-ring (bicyclic) bond motifs is 20. The minimum absolute atomic E-state index is 0.00548. The second kappa shape index (κ2) is 39.9. The van der Waals surface area contributed by atoms with Crippen LogP contribution in [0, 0.1) is 69.0 Å². The van der Waals surface area contributed by atoms with Gasteiger partial charge in [-0.05, 0) is 343 Å². The van der Waals surface area contributed by atoms with Crippen LogP contribution in [0.4, 0.5) is 0 Å². The smallest absolute Gasteiger partial charge is 0.314 e. The number of cyclic esters (lactones) is 2. The summed E-state index contributed by atoms with van der Waals surface area (Å²) < 4.78 is 21.6. The van der Waals surface area contributed by atoms with Crippen LogP contribution in [0.25, 0.3) is 0 Å². The number of carbonyl (C=O) groups excluding carboxylic acids is 6. The molecule has 652 valence electrons. The highest BCUT2D eigenvalue weighted by molar-refractivity contribution is 5.92. The second-order valence-corrected chi connectivity index (χ2v) is 38.4. The molecule has 1 amide bonds. The van der Waals surface area contributed by atoms with Crippen molar-refractivity contribution >= 4 is 47.7 Å². The molecule has 0 bridgehead atoms. The molecule has 8 saturated carbocycles. The number of hydrogen-bond acceptors (Lipinski definition) is 17. The molecule has 0 radical (unpaired) electrons. The molecule has 13 aliphatic rings. The Hall–Kier alpha value is -8.04.